The molecule has 28 heavy (non-hydrogen) atoms. The van der Waals surface area contributed by atoms with E-state index in [2.05, 4.69) is 46.3 Å². The van der Waals surface area contributed by atoms with Crippen molar-refractivity contribution in [2.75, 3.05) is 13.1 Å². The summed E-state index contributed by atoms with van der Waals surface area (Å²) in [6, 6.07) is 14.1. The van der Waals surface area contributed by atoms with Crippen LogP contribution < -0.4 is 16.0 Å². The monoisotopic (exact) mass is 383 g/mol. The number of hydrogen-bond donors (Lipinski definition) is 3. The number of benzene rings is 1. The van der Waals surface area contributed by atoms with Crippen LogP contribution in [-0.2, 0) is 0 Å². The molecular formula is C25H41N3. The molecule has 0 aliphatic carbocycles. The van der Waals surface area contributed by atoms with E-state index >= 15 is 0 Å². The summed E-state index contributed by atoms with van der Waals surface area (Å²) in [6.07, 6.45) is 16.4. The molecule has 0 aromatic heterocycles. The normalized spacial score (nSPS) is 34.2. The molecule has 3 nitrogen and oxygen atoms in total. The van der Waals surface area contributed by atoms with Crippen molar-refractivity contribution in [1.29, 1.82) is 0 Å². The molecule has 0 saturated carbocycles. The number of hydrogen-bond acceptors (Lipinski definition) is 3. The van der Waals surface area contributed by atoms with Gasteiger partial charge in [0.15, 0.2) is 0 Å². The number of nitrogens with one attached hydrogen (secondary N) is 3. The van der Waals surface area contributed by atoms with E-state index in [-0.39, 0.29) is 0 Å². The molecule has 3 aliphatic heterocycles. The van der Waals surface area contributed by atoms with E-state index in [1.165, 1.54) is 90.1 Å². The van der Waals surface area contributed by atoms with E-state index in [0.29, 0.717) is 6.04 Å². The van der Waals surface area contributed by atoms with Crippen LogP contribution in [0.1, 0.15) is 88.5 Å². The smallest absolute Gasteiger partial charge is 0.00877 e. The molecule has 1 aromatic rings. The van der Waals surface area contributed by atoms with Crippen molar-refractivity contribution in [2.45, 2.75) is 107 Å². The Bertz CT molecular complexity index is 554. The van der Waals surface area contributed by atoms with Gasteiger partial charge in [-0.1, -0.05) is 49.6 Å². The maximum atomic E-state index is 4.03. The van der Waals surface area contributed by atoms with Gasteiger partial charge in [-0.15, -0.1) is 0 Å². The summed E-state index contributed by atoms with van der Waals surface area (Å²) < 4.78 is 0. The molecule has 3 fully saturated rings. The summed E-state index contributed by atoms with van der Waals surface area (Å²) >= 11 is 0. The van der Waals surface area contributed by atoms with Gasteiger partial charge in [-0.25, -0.2) is 0 Å². The maximum absolute atomic E-state index is 4.03. The molecule has 3 heterocycles. The zero-order valence-corrected chi connectivity index (χ0v) is 17.7. The largest absolute Gasteiger partial charge is 0.314 e. The molecule has 3 N–H and O–H groups in total. The molecule has 3 heteroatoms. The van der Waals surface area contributed by atoms with Crippen molar-refractivity contribution < 1.29 is 0 Å². The predicted molar refractivity (Wildman–Crippen MR) is 119 cm³/mol. The second-order valence-electron chi connectivity index (χ2n) is 9.59. The van der Waals surface area contributed by atoms with Crippen molar-refractivity contribution in [3.05, 3.63) is 35.9 Å². The summed E-state index contributed by atoms with van der Waals surface area (Å²) in [5.41, 5.74) is 1.54. The lowest BCUT2D eigenvalue weighted by molar-refractivity contribution is 0.246. The van der Waals surface area contributed by atoms with Crippen molar-refractivity contribution in [3.63, 3.8) is 0 Å². The summed E-state index contributed by atoms with van der Waals surface area (Å²) in [7, 11) is 0. The van der Waals surface area contributed by atoms with Crippen LogP contribution in [0.25, 0.3) is 0 Å². The predicted octanol–water partition coefficient (Wildman–Crippen LogP) is 4.74. The molecule has 4 rings (SSSR count). The molecule has 156 valence electrons. The Balaban J connectivity index is 1.19. The van der Waals surface area contributed by atoms with Gasteiger partial charge in [0.2, 0.25) is 0 Å². The Kier molecular flexibility index (Phi) is 7.83. The molecule has 3 saturated heterocycles. The molecule has 5 unspecified atom stereocenters. The zero-order chi connectivity index (χ0) is 19.0. The van der Waals surface area contributed by atoms with Gasteiger partial charge in [0.1, 0.15) is 0 Å². The van der Waals surface area contributed by atoms with Crippen LogP contribution in [0.5, 0.6) is 0 Å². The standard InChI is InChI=1S/C25H41N3/c1-2-8-20(9-3-1)21-15-17-27-25(18-21)19-24-14-7-13-23(28-24)12-6-11-22-10-4-5-16-26-22/h1-3,8-9,21-28H,4-7,10-19H2. The van der Waals surface area contributed by atoms with Gasteiger partial charge in [-0.3, -0.25) is 0 Å². The fourth-order valence-corrected chi connectivity index (χ4v) is 5.86. The average Bonchev–Trinajstić information content (AvgIpc) is 2.76. The summed E-state index contributed by atoms with van der Waals surface area (Å²) in [5, 5.41) is 11.6. The van der Waals surface area contributed by atoms with E-state index in [4.69, 9.17) is 0 Å². The van der Waals surface area contributed by atoms with E-state index in [1.54, 1.807) is 5.56 Å². The highest BCUT2D eigenvalue weighted by Crippen LogP contribution is 2.30. The first-order valence-corrected chi connectivity index (χ1v) is 12.1. The molecule has 0 spiro atoms. The first kappa shape index (κ1) is 20.4. The molecule has 3 aliphatic rings. The highest BCUT2D eigenvalue weighted by atomic mass is 15.0. The van der Waals surface area contributed by atoms with Crippen LogP contribution in [0.2, 0.25) is 0 Å². The number of piperidine rings is 3. The number of rotatable bonds is 7. The van der Waals surface area contributed by atoms with Gasteiger partial charge < -0.3 is 16.0 Å². The van der Waals surface area contributed by atoms with Gasteiger partial charge in [0.05, 0.1) is 0 Å². The average molecular weight is 384 g/mol. The van der Waals surface area contributed by atoms with Gasteiger partial charge in [-0.05, 0) is 82.4 Å². The third-order valence-electron chi connectivity index (χ3n) is 7.43. The summed E-state index contributed by atoms with van der Waals surface area (Å²) in [6.45, 7) is 2.42. The van der Waals surface area contributed by atoms with Crippen molar-refractivity contribution in [1.82, 2.24) is 16.0 Å². The van der Waals surface area contributed by atoms with Crippen LogP contribution in [0.4, 0.5) is 0 Å². The van der Waals surface area contributed by atoms with Crippen LogP contribution in [-0.4, -0.2) is 37.3 Å². The van der Waals surface area contributed by atoms with Crippen LogP contribution in [0, 0.1) is 0 Å². The van der Waals surface area contributed by atoms with Crippen molar-refractivity contribution in [3.8, 4) is 0 Å². The first-order valence-electron chi connectivity index (χ1n) is 12.1. The van der Waals surface area contributed by atoms with Crippen LogP contribution >= 0.6 is 0 Å². The Morgan fingerprint density at radius 2 is 1.50 bits per heavy atom. The molecule has 5 atom stereocenters. The second kappa shape index (κ2) is 10.8. The Labute approximate surface area is 172 Å². The van der Waals surface area contributed by atoms with Crippen molar-refractivity contribution in [2.24, 2.45) is 0 Å². The second-order valence-corrected chi connectivity index (χ2v) is 9.59. The van der Waals surface area contributed by atoms with E-state index in [0.717, 1.165) is 24.0 Å². The summed E-state index contributed by atoms with van der Waals surface area (Å²) in [4.78, 5) is 0. The van der Waals surface area contributed by atoms with E-state index < -0.39 is 0 Å². The third kappa shape index (κ3) is 6.05. The van der Waals surface area contributed by atoms with Crippen molar-refractivity contribution >= 4 is 0 Å². The first-order chi connectivity index (χ1) is 13.9. The lowest BCUT2D eigenvalue weighted by atomic mass is 9.83. The topological polar surface area (TPSA) is 36.1 Å². The Morgan fingerprint density at radius 3 is 2.36 bits per heavy atom. The SMILES string of the molecule is c1ccc(C2CCNC(CC3CCCC(CCCC4CCCCN4)N3)C2)cc1. The van der Waals surface area contributed by atoms with Crippen LogP contribution in [0.15, 0.2) is 30.3 Å². The maximum Gasteiger partial charge on any atom is 0.00877 e. The van der Waals surface area contributed by atoms with Crippen LogP contribution in [0.3, 0.4) is 0 Å². The molecular weight excluding hydrogens is 342 g/mol. The Morgan fingerprint density at radius 1 is 0.714 bits per heavy atom. The molecule has 0 bridgehead atoms. The minimum Gasteiger partial charge on any atom is -0.314 e. The van der Waals surface area contributed by atoms with E-state index in [9.17, 15) is 0 Å². The molecule has 0 amide bonds. The molecule has 0 radical (unpaired) electrons. The minimum atomic E-state index is 0.682. The van der Waals surface area contributed by atoms with Gasteiger partial charge in [0, 0.05) is 24.2 Å². The third-order valence-corrected chi connectivity index (χ3v) is 7.43. The fraction of sp³-hybridized carbons (Fsp3) is 0.760. The Hall–Kier alpha value is -0.900. The summed E-state index contributed by atoms with van der Waals surface area (Å²) in [5.74, 6) is 0.745. The molecule has 1 aromatic carbocycles. The van der Waals surface area contributed by atoms with Gasteiger partial charge in [-0.2, -0.15) is 0 Å². The zero-order valence-electron chi connectivity index (χ0n) is 17.7. The lowest BCUT2D eigenvalue weighted by Gasteiger charge is -2.37. The highest BCUT2D eigenvalue weighted by molar-refractivity contribution is 5.20. The minimum absolute atomic E-state index is 0.682. The van der Waals surface area contributed by atoms with Gasteiger partial charge in [0.25, 0.3) is 0 Å². The fourth-order valence-electron chi connectivity index (χ4n) is 5.86. The lowest BCUT2D eigenvalue weighted by Crippen LogP contribution is -2.47. The van der Waals surface area contributed by atoms with Gasteiger partial charge >= 0.3 is 0 Å². The quantitative estimate of drug-likeness (QED) is 0.637. The highest BCUT2D eigenvalue weighted by Gasteiger charge is 2.28. The van der Waals surface area contributed by atoms with E-state index in [1.807, 2.05) is 0 Å².